The molecular formula is C21H18ClFN4O3S. The monoisotopic (exact) mass is 460 g/mol. The van der Waals surface area contributed by atoms with Gasteiger partial charge in [0.2, 0.25) is 0 Å². The number of carbonyl (C=O) groups is 1. The quantitative estimate of drug-likeness (QED) is 0.624. The van der Waals surface area contributed by atoms with E-state index in [2.05, 4.69) is 14.9 Å². The van der Waals surface area contributed by atoms with Crippen LogP contribution in [-0.2, 0) is 4.79 Å². The van der Waals surface area contributed by atoms with E-state index in [9.17, 15) is 19.4 Å². The maximum atomic E-state index is 13.4. The maximum absolute atomic E-state index is 13.4. The van der Waals surface area contributed by atoms with Gasteiger partial charge in [-0.1, -0.05) is 29.0 Å². The Hall–Kier alpha value is -2.59. The van der Waals surface area contributed by atoms with Crippen LogP contribution in [0.1, 0.15) is 12.1 Å². The lowest BCUT2D eigenvalue weighted by Gasteiger charge is -2.26. The predicted octanol–water partition coefficient (Wildman–Crippen LogP) is 2.85. The largest absolute Gasteiger partial charge is 0.388 e. The molecule has 4 heterocycles. The van der Waals surface area contributed by atoms with Crippen molar-refractivity contribution >= 4 is 55.5 Å². The molecule has 1 amide bonds. The topological polar surface area (TPSA) is 89.8 Å². The number of fused-ring (bicyclic) bond motifs is 1. The van der Waals surface area contributed by atoms with Gasteiger partial charge in [0.25, 0.3) is 5.91 Å². The van der Waals surface area contributed by atoms with E-state index in [-0.39, 0.29) is 12.4 Å². The van der Waals surface area contributed by atoms with E-state index in [1.807, 2.05) is 6.08 Å². The molecule has 1 aromatic carbocycles. The van der Waals surface area contributed by atoms with Gasteiger partial charge in [-0.25, -0.2) is 9.37 Å². The number of anilines is 2. The van der Waals surface area contributed by atoms with Gasteiger partial charge in [-0.3, -0.25) is 9.78 Å². The van der Waals surface area contributed by atoms with Gasteiger partial charge in [0.1, 0.15) is 11.9 Å². The van der Waals surface area contributed by atoms with Crippen LogP contribution < -0.4 is 9.80 Å². The Morgan fingerprint density at radius 3 is 2.77 bits per heavy atom. The SMILES string of the molecule is O=C1[C@H](O)[C@H](O)CN1c1cnc(C2=CCN(c3nc4ccc(F)cc4s3)CC2)c(Cl)c1. The van der Waals surface area contributed by atoms with Crippen molar-refractivity contribution in [3.05, 3.63) is 53.1 Å². The standard InChI is InChI=1S/C21H18ClFN4O3S/c22-14-8-13(27-10-16(28)19(29)20(27)30)9-24-18(14)11-3-5-26(6-4-11)21-25-15-2-1-12(23)7-17(15)31-21/h1-3,7-9,16,19,28-29H,4-6,10H2/t16-,19-/m1/s1. The van der Waals surface area contributed by atoms with Crippen LogP contribution in [0.3, 0.4) is 0 Å². The molecule has 2 aromatic heterocycles. The first-order valence-corrected chi connectivity index (χ1v) is 10.9. The fourth-order valence-electron chi connectivity index (χ4n) is 3.82. The minimum atomic E-state index is -1.43. The van der Waals surface area contributed by atoms with E-state index in [0.29, 0.717) is 29.4 Å². The number of aliphatic hydroxyl groups is 2. The third kappa shape index (κ3) is 3.67. The van der Waals surface area contributed by atoms with Gasteiger partial charge in [0, 0.05) is 13.1 Å². The minimum Gasteiger partial charge on any atom is -0.388 e. The van der Waals surface area contributed by atoms with Crippen molar-refractivity contribution in [2.24, 2.45) is 0 Å². The Kier molecular flexibility index (Phi) is 5.13. The fourth-order valence-corrected chi connectivity index (χ4v) is 5.13. The van der Waals surface area contributed by atoms with Crippen LogP contribution in [0.25, 0.3) is 15.8 Å². The summed E-state index contributed by atoms with van der Waals surface area (Å²) in [7, 11) is 0. The van der Waals surface area contributed by atoms with Crippen molar-refractivity contribution < 1.29 is 19.4 Å². The van der Waals surface area contributed by atoms with E-state index < -0.39 is 18.1 Å². The summed E-state index contributed by atoms with van der Waals surface area (Å²) in [5, 5.41) is 20.6. The number of aromatic nitrogens is 2. The summed E-state index contributed by atoms with van der Waals surface area (Å²) in [4.78, 5) is 24.5. The van der Waals surface area contributed by atoms with E-state index >= 15 is 0 Å². The Morgan fingerprint density at radius 2 is 2.10 bits per heavy atom. The Morgan fingerprint density at radius 1 is 1.26 bits per heavy atom. The number of aliphatic hydroxyl groups excluding tert-OH is 2. The first-order chi connectivity index (χ1) is 14.9. The molecule has 2 atom stereocenters. The lowest BCUT2D eigenvalue weighted by Crippen LogP contribution is -2.30. The molecule has 160 valence electrons. The lowest BCUT2D eigenvalue weighted by atomic mass is 10.0. The number of halogens is 2. The molecular weight excluding hydrogens is 443 g/mol. The van der Waals surface area contributed by atoms with Crippen molar-refractivity contribution in [1.29, 1.82) is 0 Å². The molecule has 0 unspecified atom stereocenters. The molecule has 0 spiro atoms. The van der Waals surface area contributed by atoms with Crippen LogP contribution in [0.2, 0.25) is 5.02 Å². The van der Waals surface area contributed by atoms with Gasteiger partial charge in [0.05, 0.1) is 39.4 Å². The maximum Gasteiger partial charge on any atom is 0.258 e. The van der Waals surface area contributed by atoms with Crippen LogP contribution >= 0.6 is 22.9 Å². The molecule has 1 saturated heterocycles. The van der Waals surface area contributed by atoms with Crippen LogP contribution in [0.5, 0.6) is 0 Å². The molecule has 7 nitrogen and oxygen atoms in total. The van der Waals surface area contributed by atoms with Gasteiger partial charge in [-0.15, -0.1) is 0 Å². The van der Waals surface area contributed by atoms with Crippen molar-refractivity contribution in [3.63, 3.8) is 0 Å². The number of rotatable bonds is 3. The van der Waals surface area contributed by atoms with E-state index in [1.165, 1.54) is 34.6 Å². The smallest absolute Gasteiger partial charge is 0.258 e. The second-order valence-electron chi connectivity index (χ2n) is 7.52. The van der Waals surface area contributed by atoms with E-state index in [1.54, 1.807) is 12.1 Å². The number of nitrogens with zero attached hydrogens (tertiary/aromatic N) is 4. The third-order valence-corrected chi connectivity index (χ3v) is 6.88. The number of β-amino-alcohol motifs (C(OH)–C–C–N with tert-alkyl or cyclic N) is 1. The zero-order valence-corrected chi connectivity index (χ0v) is 17.8. The summed E-state index contributed by atoms with van der Waals surface area (Å²) < 4.78 is 14.3. The molecule has 2 N–H and O–H groups in total. The average molecular weight is 461 g/mol. The van der Waals surface area contributed by atoms with Crippen LogP contribution in [0.15, 0.2) is 36.5 Å². The summed E-state index contributed by atoms with van der Waals surface area (Å²) in [6.45, 7) is 1.35. The Bertz CT molecular complexity index is 1220. The van der Waals surface area contributed by atoms with Gasteiger partial charge in [-0.2, -0.15) is 0 Å². The molecule has 10 heteroatoms. The van der Waals surface area contributed by atoms with Gasteiger partial charge in [-0.05, 0) is 36.3 Å². The summed E-state index contributed by atoms with van der Waals surface area (Å²) in [6.07, 6.45) is 1.72. The molecule has 0 aliphatic carbocycles. The number of amides is 1. The number of pyridine rings is 1. The normalized spacial score (nSPS) is 21.8. The highest BCUT2D eigenvalue weighted by Crippen LogP contribution is 2.34. The molecule has 2 aliphatic heterocycles. The molecule has 1 fully saturated rings. The van der Waals surface area contributed by atoms with Crippen LogP contribution in [-0.4, -0.2) is 57.9 Å². The molecule has 31 heavy (non-hydrogen) atoms. The zero-order valence-electron chi connectivity index (χ0n) is 16.2. The van der Waals surface area contributed by atoms with Gasteiger partial charge >= 0.3 is 0 Å². The van der Waals surface area contributed by atoms with Crippen molar-refractivity contribution in [2.45, 2.75) is 18.6 Å². The minimum absolute atomic E-state index is 0.00107. The number of hydrogen-bond acceptors (Lipinski definition) is 7. The summed E-state index contributed by atoms with van der Waals surface area (Å²) in [5.74, 6) is -0.839. The highest BCUT2D eigenvalue weighted by atomic mass is 35.5. The lowest BCUT2D eigenvalue weighted by molar-refractivity contribution is -0.126. The molecule has 0 radical (unpaired) electrons. The van der Waals surface area contributed by atoms with Crippen molar-refractivity contribution in [1.82, 2.24) is 9.97 Å². The second-order valence-corrected chi connectivity index (χ2v) is 8.94. The van der Waals surface area contributed by atoms with Gasteiger partial charge < -0.3 is 20.0 Å². The van der Waals surface area contributed by atoms with Crippen LogP contribution in [0, 0.1) is 5.82 Å². The Labute approximate surface area is 186 Å². The molecule has 2 aliphatic rings. The number of carbonyl (C=O) groups excluding carboxylic acids is 1. The Balaban J connectivity index is 1.34. The molecule has 0 saturated carbocycles. The highest BCUT2D eigenvalue weighted by Gasteiger charge is 2.39. The molecule has 5 rings (SSSR count). The molecule has 0 bridgehead atoms. The summed E-state index contributed by atoms with van der Waals surface area (Å²) in [5.41, 5.74) is 2.86. The van der Waals surface area contributed by atoms with E-state index in [0.717, 1.165) is 27.5 Å². The van der Waals surface area contributed by atoms with Crippen LogP contribution in [0.4, 0.5) is 15.2 Å². The summed E-state index contributed by atoms with van der Waals surface area (Å²) in [6, 6.07) is 6.22. The second kappa shape index (κ2) is 7.83. The number of benzene rings is 1. The zero-order chi connectivity index (χ0) is 21.7. The predicted molar refractivity (Wildman–Crippen MR) is 118 cm³/mol. The molecule has 3 aromatic rings. The number of hydrogen-bond donors (Lipinski definition) is 2. The van der Waals surface area contributed by atoms with Crippen molar-refractivity contribution in [3.8, 4) is 0 Å². The van der Waals surface area contributed by atoms with Crippen molar-refractivity contribution in [2.75, 3.05) is 29.4 Å². The third-order valence-electron chi connectivity index (χ3n) is 5.51. The first-order valence-electron chi connectivity index (χ1n) is 9.74. The highest BCUT2D eigenvalue weighted by molar-refractivity contribution is 7.22. The fraction of sp³-hybridized carbons (Fsp3) is 0.286. The summed E-state index contributed by atoms with van der Waals surface area (Å²) >= 11 is 7.92. The number of thiazole rings is 1. The first kappa shape index (κ1) is 20.3. The van der Waals surface area contributed by atoms with Gasteiger partial charge in [0.15, 0.2) is 11.2 Å². The van der Waals surface area contributed by atoms with E-state index in [4.69, 9.17) is 11.6 Å². The average Bonchev–Trinajstić information content (AvgIpc) is 3.30.